The largest absolute Gasteiger partial charge is 0.354 e. The minimum absolute atomic E-state index is 0.126. The SMILES string of the molecule is CCCc1cc(C)[nH]c(=O)c1CN(C)C(=O)c1cc(-c2ccc(N3CCN(C(C)C)CC3)nc2)cc2c1cnn2C(C)C. The van der Waals surface area contributed by atoms with Crippen LogP contribution in [0, 0.1) is 6.92 Å². The summed E-state index contributed by atoms with van der Waals surface area (Å²) in [6.07, 6.45) is 5.40. The molecule has 1 fully saturated rings. The first-order valence-electron chi connectivity index (χ1n) is 15.5. The van der Waals surface area contributed by atoms with E-state index in [4.69, 9.17) is 4.98 Å². The highest BCUT2D eigenvalue weighted by Gasteiger charge is 2.23. The van der Waals surface area contributed by atoms with Crippen LogP contribution in [-0.2, 0) is 13.0 Å². The van der Waals surface area contributed by atoms with Gasteiger partial charge >= 0.3 is 0 Å². The molecule has 5 rings (SSSR count). The van der Waals surface area contributed by atoms with Crippen LogP contribution in [0.15, 0.2) is 47.5 Å². The minimum Gasteiger partial charge on any atom is -0.354 e. The lowest BCUT2D eigenvalue weighted by molar-refractivity contribution is 0.0786. The second kappa shape index (κ2) is 12.7. The Morgan fingerprint density at radius 2 is 1.74 bits per heavy atom. The fourth-order valence-corrected chi connectivity index (χ4v) is 6.08. The number of piperazine rings is 1. The Labute approximate surface area is 254 Å². The van der Waals surface area contributed by atoms with Gasteiger partial charge in [0.25, 0.3) is 11.5 Å². The van der Waals surface area contributed by atoms with E-state index in [2.05, 4.69) is 72.7 Å². The Morgan fingerprint density at radius 3 is 2.37 bits per heavy atom. The van der Waals surface area contributed by atoms with E-state index < -0.39 is 0 Å². The maximum Gasteiger partial charge on any atom is 0.254 e. The molecule has 0 unspecified atom stereocenters. The molecule has 0 radical (unpaired) electrons. The number of hydrogen-bond acceptors (Lipinski definition) is 6. The summed E-state index contributed by atoms with van der Waals surface area (Å²) >= 11 is 0. The molecule has 1 aromatic carbocycles. The van der Waals surface area contributed by atoms with Crippen molar-refractivity contribution in [3.63, 3.8) is 0 Å². The van der Waals surface area contributed by atoms with Crippen LogP contribution in [-0.4, -0.2) is 74.7 Å². The number of amides is 1. The quantitative estimate of drug-likeness (QED) is 0.283. The van der Waals surface area contributed by atoms with Gasteiger partial charge in [-0.1, -0.05) is 13.3 Å². The van der Waals surface area contributed by atoms with E-state index in [1.54, 1.807) is 18.1 Å². The highest BCUT2D eigenvalue weighted by atomic mass is 16.2. The molecule has 1 aliphatic rings. The van der Waals surface area contributed by atoms with Gasteiger partial charge in [-0.3, -0.25) is 19.2 Å². The number of pyridine rings is 2. The zero-order valence-electron chi connectivity index (χ0n) is 26.6. The standard InChI is InChI=1S/C34H45N7O2/c1-8-9-25-16-24(6)37-33(42)30(25)21-38(7)34(43)28-17-27(18-31-29(28)20-36-41(31)23(4)5)26-10-11-32(35-19-26)40-14-12-39(13-15-40)22(2)3/h10-11,16-20,22-23H,8-9,12-15,21H2,1-7H3,(H,37,42). The first-order chi connectivity index (χ1) is 20.6. The number of carbonyl (C=O) groups excluding carboxylic acids is 1. The summed E-state index contributed by atoms with van der Waals surface area (Å²) in [5.41, 5.74) is 5.66. The predicted molar refractivity (Wildman–Crippen MR) is 174 cm³/mol. The maximum atomic E-state index is 14.1. The highest BCUT2D eigenvalue weighted by molar-refractivity contribution is 6.07. The fourth-order valence-electron chi connectivity index (χ4n) is 6.08. The molecule has 1 saturated heterocycles. The zero-order chi connectivity index (χ0) is 30.8. The molecular formula is C34H45N7O2. The number of fused-ring (bicyclic) bond motifs is 1. The van der Waals surface area contributed by atoms with Gasteiger partial charge in [0.05, 0.1) is 23.8 Å². The third kappa shape index (κ3) is 6.37. The van der Waals surface area contributed by atoms with E-state index in [1.165, 1.54) is 0 Å². The van der Waals surface area contributed by atoms with Gasteiger partial charge in [0.15, 0.2) is 0 Å². The number of anilines is 1. The average Bonchev–Trinajstić information content (AvgIpc) is 3.43. The van der Waals surface area contributed by atoms with Gasteiger partial charge in [-0.05, 0) is 82.5 Å². The van der Waals surface area contributed by atoms with E-state index in [0.29, 0.717) is 17.2 Å². The summed E-state index contributed by atoms with van der Waals surface area (Å²) in [5.74, 6) is 0.827. The van der Waals surface area contributed by atoms with Crippen molar-refractivity contribution in [1.82, 2.24) is 29.5 Å². The molecule has 9 heteroatoms. The van der Waals surface area contributed by atoms with Crippen LogP contribution in [0.2, 0.25) is 0 Å². The zero-order valence-corrected chi connectivity index (χ0v) is 26.6. The molecule has 0 bridgehead atoms. The maximum absolute atomic E-state index is 14.1. The van der Waals surface area contributed by atoms with E-state index in [0.717, 1.165) is 78.1 Å². The third-order valence-corrected chi connectivity index (χ3v) is 8.51. The van der Waals surface area contributed by atoms with Crippen LogP contribution in [0.3, 0.4) is 0 Å². The van der Waals surface area contributed by atoms with Crippen molar-refractivity contribution in [1.29, 1.82) is 0 Å². The summed E-state index contributed by atoms with van der Waals surface area (Å²) in [5, 5.41) is 5.44. The number of benzene rings is 1. The second-order valence-electron chi connectivity index (χ2n) is 12.4. The minimum atomic E-state index is -0.148. The average molecular weight is 584 g/mol. The number of rotatable bonds is 9. The van der Waals surface area contributed by atoms with E-state index in [1.807, 2.05) is 29.9 Å². The molecule has 1 N–H and O–H groups in total. The monoisotopic (exact) mass is 583 g/mol. The number of aromatic amines is 1. The lowest BCUT2D eigenvalue weighted by Crippen LogP contribution is -2.49. The number of H-pyrrole nitrogens is 1. The van der Waals surface area contributed by atoms with Crippen molar-refractivity contribution in [2.24, 2.45) is 0 Å². The van der Waals surface area contributed by atoms with Crippen molar-refractivity contribution < 1.29 is 4.79 Å². The van der Waals surface area contributed by atoms with E-state index in [9.17, 15) is 9.59 Å². The van der Waals surface area contributed by atoms with Crippen molar-refractivity contribution in [2.75, 3.05) is 38.1 Å². The van der Waals surface area contributed by atoms with Gasteiger partial charge in [0.2, 0.25) is 0 Å². The van der Waals surface area contributed by atoms with Gasteiger partial charge in [-0.2, -0.15) is 5.10 Å². The molecule has 0 atom stereocenters. The van der Waals surface area contributed by atoms with Crippen molar-refractivity contribution in [2.45, 2.75) is 73.0 Å². The summed E-state index contributed by atoms with van der Waals surface area (Å²) in [6, 6.07) is 10.9. The Bertz CT molecular complexity index is 1640. The van der Waals surface area contributed by atoms with Gasteiger partial charge in [0, 0.05) is 73.7 Å². The molecule has 1 amide bonds. The Hall–Kier alpha value is -3.98. The van der Waals surface area contributed by atoms with Crippen LogP contribution in [0.5, 0.6) is 0 Å². The van der Waals surface area contributed by atoms with Gasteiger partial charge < -0.3 is 14.8 Å². The second-order valence-corrected chi connectivity index (χ2v) is 12.4. The topological polar surface area (TPSA) is 90.4 Å². The van der Waals surface area contributed by atoms with Crippen LogP contribution in [0.25, 0.3) is 22.0 Å². The molecule has 9 nitrogen and oxygen atoms in total. The molecule has 228 valence electrons. The lowest BCUT2D eigenvalue weighted by atomic mass is 9.99. The summed E-state index contributed by atoms with van der Waals surface area (Å²) in [6.45, 7) is 16.9. The molecule has 4 aromatic rings. The molecule has 0 spiro atoms. The normalized spacial score (nSPS) is 14.3. The van der Waals surface area contributed by atoms with Crippen LogP contribution < -0.4 is 10.5 Å². The van der Waals surface area contributed by atoms with Crippen molar-refractivity contribution in [3.8, 4) is 11.1 Å². The molecule has 43 heavy (non-hydrogen) atoms. The van der Waals surface area contributed by atoms with Gasteiger partial charge in [-0.25, -0.2) is 4.98 Å². The number of aromatic nitrogens is 4. The highest BCUT2D eigenvalue weighted by Crippen LogP contribution is 2.31. The first kappa shape index (κ1) is 30.5. The fraction of sp³-hybridized carbons (Fsp3) is 0.471. The molecular weight excluding hydrogens is 538 g/mol. The Balaban J connectivity index is 1.47. The van der Waals surface area contributed by atoms with Crippen LogP contribution in [0.1, 0.15) is 74.3 Å². The molecule has 1 aliphatic heterocycles. The Kier molecular flexibility index (Phi) is 9.01. The summed E-state index contributed by atoms with van der Waals surface area (Å²) in [4.78, 5) is 41.2. The first-order valence-corrected chi connectivity index (χ1v) is 15.5. The number of hydrogen-bond donors (Lipinski definition) is 1. The van der Waals surface area contributed by atoms with Crippen molar-refractivity contribution in [3.05, 3.63) is 75.5 Å². The number of aryl methyl sites for hydroxylation is 2. The molecule has 4 heterocycles. The van der Waals surface area contributed by atoms with Gasteiger partial charge in [-0.15, -0.1) is 0 Å². The van der Waals surface area contributed by atoms with E-state index >= 15 is 0 Å². The summed E-state index contributed by atoms with van der Waals surface area (Å²) in [7, 11) is 1.76. The van der Waals surface area contributed by atoms with Crippen LogP contribution >= 0.6 is 0 Å². The predicted octanol–water partition coefficient (Wildman–Crippen LogP) is 5.43. The molecule has 3 aromatic heterocycles. The smallest absolute Gasteiger partial charge is 0.254 e. The number of nitrogens with one attached hydrogen (secondary N) is 1. The van der Waals surface area contributed by atoms with Crippen molar-refractivity contribution >= 4 is 22.6 Å². The lowest BCUT2D eigenvalue weighted by Gasteiger charge is -2.37. The Morgan fingerprint density at radius 1 is 1.00 bits per heavy atom. The summed E-state index contributed by atoms with van der Waals surface area (Å²) < 4.78 is 1.95. The molecule has 0 saturated carbocycles. The number of carbonyl (C=O) groups is 1. The third-order valence-electron chi connectivity index (χ3n) is 8.51. The number of nitrogens with zero attached hydrogens (tertiary/aromatic N) is 6. The van der Waals surface area contributed by atoms with Gasteiger partial charge in [0.1, 0.15) is 5.82 Å². The van der Waals surface area contributed by atoms with E-state index in [-0.39, 0.29) is 24.1 Å². The molecule has 0 aliphatic carbocycles. The van der Waals surface area contributed by atoms with Crippen LogP contribution in [0.4, 0.5) is 5.82 Å².